The van der Waals surface area contributed by atoms with Gasteiger partial charge in [-0.1, -0.05) is 0 Å². The molecule has 0 aliphatic carbocycles. The quantitative estimate of drug-likeness (QED) is 0.558. The van der Waals surface area contributed by atoms with E-state index >= 15 is 0 Å². The summed E-state index contributed by atoms with van der Waals surface area (Å²) in [6.45, 7) is 2.40. The van der Waals surface area contributed by atoms with E-state index in [9.17, 15) is 0 Å². The summed E-state index contributed by atoms with van der Waals surface area (Å²) < 4.78 is 0. The molecular weight excluding hydrogens is 318 g/mol. The number of pyridine rings is 1. The van der Waals surface area contributed by atoms with Crippen LogP contribution in [0.5, 0.6) is 0 Å². The van der Waals surface area contributed by atoms with Gasteiger partial charge in [0, 0.05) is 42.8 Å². The Kier molecular flexibility index (Phi) is 4.10. The molecule has 0 spiro atoms. The van der Waals surface area contributed by atoms with Crippen LogP contribution in [0, 0.1) is 0 Å². The van der Waals surface area contributed by atoms with Crippen molar-refractivity contribution >= 4 is 28.6 Å². The lowest BCUT2D eigenvalue weighted by atomic mass is 10.1. The van der Waals surface area contributed by atoms with Crippen LogP contribution in [0.2, 0.25) is 0 Å². The number of nitrogens with one attached hydrogen (secondary N) is 2. The Hall–Kier alpha value is -2.87. The van der Waals surface area contributed by atoms with Gasteiger partial charge in [0.05, 0.1) is 12.3 Å². The molecule has 8 heteroatoms. The van der Waals surface area contributed by atoms with Gasteiger partial charge in [0.2, 0.25) is 5.95 Å². The molecular formula is C17H21N7O. The van der Waals surface area contributed by atoms with Gasteiger partial charge in [-0.25, -0.2) is 9.97 Å². The second-order valence-electron chi connectivity index (χ2n) is 6.12. The first-order valence-corrected chi connectivity index (χ1v) is 8.47. The maximum atomic E-state index is 9.04. The van der Waals surface area contributed by atoms with Gasteiger partial charge in [0.25, 0.3) is 0 Å². The minimum atomic E-state index is 0.0410. The van der Waals surface area contributed by atoms with Gasteiger partial charge < -0.3 is 26.0 Å². The summed E-state index contributed by atoms with van der Waals surface area (Å²) in [5.41, 5.74) is 8.52. The van der Waals surface area contributed by atoms with Crippen molar-refractivity contribution in [3.8, 4) is 11.3 Å². The molecule has 130 valence electrons. The van der Waals surface area contributed by atoms with Gasteiger partial charge in [0.15, 0.2) is 0 Å². The molecule has 8 nitrogen and oxygen atoms in total. The number of aliphatic hydroxyl groups is 1. The minimum absolute atomic E-state index is 0.0410. The van der Waals surface area contributed by atoms with Gasteiger partial charge in [-0.15, -0.1) is 0 Å². The summed E-state index contributed by atoms with van der Waals surface area (Å²) in [4.78, 5) is 19.0. The fraction of sp³-hybridized carbons (Fsp3) is 0.353. The van der Waals surface area contributed by atoms with Crippen LogP contribution in [-0.4, -0.2) is 51.3 Å². The van der Waals surface area contributed by atoms with E-state index in [4.69, 9.17) is 15.8 Å². The average molecular weight is 339 g/mol. The van der Waals surface area contributed by atoms with E-state index in [-0.39, 0.29) is 6.61 Å². The lowest BCUT2D eigenvalue weighted by Crippen LogP contribution is -2.21. The van der Waals surface area contributed by atoms with Gasteiger partial charge in [0.1, 0.15) is 17.3 Å². The molecule has 0 amide bonds. The molecule has 0 atom stereocenters. The standard InChI is InChI=1S/C17H21N7O/c18-14-10-13(21-17(22-14)24-6-1-2-7-24)12-9-15(19-5-8-25)23-16-11(12)3-4-20-16/h3-4,9-10,25H,1-2,5-8H2,(H2,18,21,22)(H2,19,20,23). The highest BCUT2D eigenvalue weighted by molar-refractivity contribution is 5.94. The van der Waals surface area contributed by atoms with Crippen molar-refractivity contribution in [1.29, 1.82) is 0 Å². The van der Waals surface area contributed by atoms with Crippen molar-refractivity contribution in [3.63, 3.8) is 0 Å². The number of rotatable bonds is 5. The highest BCUT2D eigenvalue weighted by atomic mass is 16.3. The lowest BCUT2D eigenvalue weighted by Gasteiger charge is -2.17. The summed E-state index contributed by atoms with van der Waals surface area (Å²) in [6, 6.07) is 5.69. The van der Waals surface area contributed by atoms with Gasteiger partial charge >= 0.3 is 0 Å². The third kappa shape index (κ3) is 3.08. The Balaban J connectivity index is 1.81. The zero-order valence-corrected chi connectivity index (χ0v) is 13.9. The zero-order valence-electron chi connectivity index (χ0n) is 13.9. The van der Waals surface area contributed by atoms with Gasteiger partial charge in [-0.2, -0.15) is 4.98 Å². The molecule has 0 radical (unpaired) electrons. The predicted molar refractivity (Wildman–Crippen MR) is 98.6 cm³/mol. The van der Waals surface area contributed by atoms with Crippen LogP contribution in [0.1, 0.15) is 12.8 Å². The minimum Gasteiger partial charge on any atom is -0.395 e. The Bertz CT molecular complexity index is 886. The molecule has 5 N–H and O–H groups in total. The molecule has 0 unspecified atom stereocenters. The SMILES string of the molecule is Nc1cc(-c2cc(NCCO)nc3[nH]ccc23)nc(N2CCCC2)n1. The number of fused-ring (bicyclic) bond motifs is 1. The topological polar surface area (TPSA) is 116 Å². The van der Waals surface area contributed by atoms with Crippen molar-refractivity contribution in [2.24, 2.45) is 0 Å². The first-order valence-electron chi connectivity index (χ1n) is 8.47. The maximum absolute atomic E-state index is 9.04. The fourth-order valence-corrected chi connectivity index (χ4v) is 3.17. The number of anilines is 3. The molecule has 25 heavy (non-hydrogen) atoms. The Labute approximate surface area is 145 Å². The number of hydrogen-bond acceptors (Lipinski definition) is 7. The molecule has 1 fully saturated rings. The molecule has 1 aliphatic rings. The smallest absolute Gasteiger partial charge is 0.227 e. The van der Waals surface area contributed by atoms with E-state index in [1.54, 1.807) is 6.07 Å². The largest absolute Gasteiger partial charge is 0.395 e. The molecule has 4 heterocycles. The summed E-state index contributed by atoms with van der Waals surface area (Å²) >= 11 is 0. The molecule has 0 bridgehead atoms. The van der Waals surface area contributed by atoms with Crippen molar-refractivity contribution < 1.29 is 5.11 Å². The van der Waals surface area contributed by atoms with Crippen molar-refractivity contribution in [1.82, 2.24) is 19.9 Å². The summed E-state index contributed by atoms with van der Waals surface area (Å²) in [5, 5.41) is 13.1. The van der Waals surface area contributed by atoms with E-state index < -0.39 is 0 Å². The van der Waals surface area contributed by atoms with Crippen LogP contribution in [0.3, 0.4) is 0 Å². The third-order valence-electron chi connectivity index (χ3n) is 4.35. The highest BCUT2D eigenvalue weighted by Gasteiger charge is 2.18. The molecule has 1 saturated heterocycles. The number of nitrogens with zero attached hydrogens (tertiary/aromatic N) is 4. The van der Waals surface area contributed by atoms with E-state index in [0.717, 1.165) is 48.2 Å². The van der Waals surface area contributed by atoms with Crippen LogP contribution < -0.4 is 16.0 Å². The first-order chi connectivity index (χ1) is 12.2. The summed E-state index contributed by atoms with van der Waals surface area (Å²) in [6.07, 6.45) is 4.16. The van der Waals surface area contributed by atoms with Gasteiger partial charge in [-0.05, 0) is 25.0 Å². The molecule has 0 aromatic carbocycles. The van der Waals surface area contributed by atoms with Crippen molar-refractivity contribution in [3.05, 3.63) is 24.4 Å². The summed E-state index contributed by atoms with van der Waals surface area (Å²) in [5.74, 6) is 1.81. The van der Waals surface area contributed by atoms with E-state index in [1.807, 2.05) is 18.3 Å². The number of nitrogens with two attached hydrogens (primary N) is 1. The summed E-state index contributed by atoms with van der Waals surface area (Å²) in [7, 11) is 0. The van der Waals surface area contributed by atoms with Gasteiger partial charge in [-0.3, -0.25) is 0 Å². The Morgan fingerprint density at radius 1 is 1.20 bits per heavy atom. The van der Waals surface area contributed by atoms with E-state index in [0.29, 0.717) is 24.1 Å². The van der Waals surface area contributed by atoms with Crippen LogP contribution in [0.4, 0.5) is 17.6 Å². The first kappa shape index (κ1) is 15.6. The van der Waals surface area contributed by atoms with Crippen LogP contribution in [0.15, 0.2) is 24.4 Å². The third-order valence-corrected chi connectivity index (χ3v) is 4.35. The average Bonchev–Trinajstić information content (AvgIpc) is 3.30. The molecule has 1 aliphatic heterocycles. The second-order valence-corrected chi connectivity index (χ2v) is 6.12. The Morgan fingerprint density at radius 3 is 2.84 bits per heavy atom. The van der Waals surface area contributed by atoms with E-state index in [2.05, 4.69) is 25.2 Å². The zero-order chi connectivity index (χ0) is 17.2. The van der Waals surface area contributed by atoms with Crippen molar-refractivity contribution in [2.45, 2.75) is 12.8 Å². The van der Waals surface area contributed by atoms with Crippen LogP contribution in [-0.2, 0) is 0 Å². The van der Waals surface area contributed by atoms with Crippen molar-refractivity contribution in [2.75, 3.05) is 42.2 Å². The normalized spacial score (nSPS) is 14.4. The fourth-order valence-electron chi connectivity index (χ4n) is 3.17. The molecule has 4 rings (SSSR count). The monoisotopic (exact) mass is 339 g/mol. The van der Waals surface area contributed by atoms with Crippen LogP contribution in [0.25, 0.3) is 22.3 Å². The lowest BCUT2D eigenvalue weighted by molar-refractivity contribution is 0.311. The molecule has 0 saturated carbocycles. The number of H-pyrrole nitrogens is 1. The van der Waals surface area contributed by atoms with E-state index in [1.165, 1.54) is 0 Å². The molecule has 3 aromatic heterocycles. The number of nitrogen functional groups attached to an aromatic ring is 1. The predicted octanol–water partition coefficient (Wildman–Crippen LogP) is 1.61. The highest BCUT2D eigenvalue weighted by Crippen LogP contribution is 2.31. The maximum Gasteiger partial charge on any atom is 0.227 e. The van der Waals surface area contributed by atoms with Crippen LogP contribution >= 0.6 is 0 Å². The second kappa shape index (κ2) is 6.56. The Morgan fingerprint density at radius 2 is 2.04 bits per heavy atom. The number of aromatic nitrogens is 4. The number of aliphatic hydroxyl groups excluding tert-OH is 1. The number of hydrogen-bond donors (Lipinski definition) is 4. The molecule has 3 aromatic rings. The number of aromatic amines is 1.